The molecule has 0 saturated heterocycles. The van der Waals surface area contributed by atoms with Gasteiger partial charge in [-0.05, 0) is 38.3 Å². The zero-order valence-corrected chi connectivity index (χ0v) is 16.9. The van der Waals surface area contributed by atoms with Gasteiger partial charge in [0, 0.05) is 17.8 Å². The summed E-state index contributed by atoms with van der Waals surface area (Å²) in [4.78, 5) is 45.6. The summed E-state index contributed by atoms with van der Waals surface area (Å²) in [6.45, 7) is 6.32. The van der Waals surface area contributed by atoms with Gasteiger partial charge in [0.15, 0.2) is 6.10 Å². The number of para-hydroxylation sites is 1. The Hall–Kier alpha value is -3.82. The minimum Gasteiger partial charge on any atom is -0.449 e. The Labute approximate surface area is 172 Å². The Kier molecular flexibility index (Phi) is 6.83. The molecular formula is C20H21N3O7. The van der Waals surface area contributed by atoms with Crippen LogP contribution in [0.2, 0.25) is 0 Å². The molecule has 0 unspecified atom stereocenters. The molecule has 0 saturated carbocycles. The average Bonchev–Trinajstić information content (AvgIpc) is 2.68. The van der Waals surface area contributed by atoms with E-state index in [0.29, 0.717) is 12.1 Å². The summed E-state index contributed by atoms with van der Waals surface area (Å²) in [5.74, 6) is -1.67. The van der Waals surface area contributed by atoms with Crippen LogP contribution in [-0.2, 0) is 16.0 Å². The van der Waals surface area contributed by atoms with Crippen LogP contribution in [0.3, 0.4) is 0 Å². The predicted octanol–water partition coefficient (Wildman–Crippen LogP) is 3.87. The van der Waals surface area contributed by atoms with Gasteiger partial charge < -0.3 is 10.1 Å². The maximum Gasteiger partial charge on any atom is 0.339 e. The van der Waals surface area contributed by atoms with Gasteiger partial charge in [0.1, 0.15) is 5.56 Å². The third-order valence-corrected chi connectivity index (χ3v) is 4.62. The van der Waals surface area contributed by atoms with Crippen molar-refractivity contribution in [3.8, 4) is 0 Å². The minimum atomic E-state index is -1.23. The molecule has 10 heteroatoms. The van der Waals surface area contributed by atoms with E-state index in [4.69, 9.17) is 4.74 Å². The molecule has 0 aliphatic rings. The molecule has 1 N–H and O–H groups in total. The second kappa shape index (κ2) is 9.12. The lowest BCUT2D eigenvalue weighted by Gasteiger charge is -2.17. The van der Waals surface area contributed by atoms with Crippen LogP contribution in [0, 0.1) is 34.1 Å². The summed E-state index contributed by atoms with van der Waals surface area (Å²) >= 11 is 0. The van der Waals surface area contributed by atoms with E-state index in [2.05, 4.69) is 5.32 Å². The van der Waals surface area contributed by atoms with Gasteiger partial charge in [-0.1, -0.05) is 25.1 Å². The molecule has 0 radical (unpaired) electrons. The maximum absolute atomic E-state index is 12.5. The fourth-order valence-corrected chi connectivity index (χ4v) is 2.89. The number of esters is 1. The first kappa shape index (κ1) is 22.5. The highest BCUT2D eigenvalue weighted by molar-refractivity contribution is 5.98. The Morgan fingerprint density at radius 2 is 1.67 bits per heavy atom. The lowest BCUT2D eigenvalue weighted by molar-refractivity contribution is -0.395. The number of nitro groups is 2. The van der Waals surface area contributed by atoms with Gasteiger partial charge in [0.25, 0.3) is 17.3 Å². The summed E-state index contributed by atoms with van der Waals surface area (Å²) in [7, 11) is 0. The van der Waals surface area contributed by atoms with E-state index in [0.717, 1.165) is 23.3 Å². The quantitative estimate of drug-likeness (QED) is 0.411. The summed E-state index contributed by atoms with van der Waals surface area (Å²) in [6, 6.07) is 7.35. The molecular weight excluding hydrogens is 394 g/mol. The average molecular weight is 415 g/mol. The third kappa shape index (κ3) is 4.77. The van der Waals surface area contributed by atoms with Gasteiger partial charge in [-0.3, -0.25) is 25.0 Å². The molecule has 2 aromatic rings. The highest BCUT2D eigenvalue weighted by atomic mass is 16.6. The standard InChI is InChI=1S/C20H21N3O7/c1-5-14-8-6-7-11(2)18(14)21-19(24)13(4)30-20(25)15-9-16(22(26)27)12(3)17(10-15)23(28)29/h6-10,13H,5H2,1-4H3,(H,21,24)/t13-/m1/s1. The predicted molar refractivity (Wildman–Crippen MR) is 109 cm³/mol. The second-order valence-corrected chi connectivity index (χ2v) is 6.65. The summed E-state index contributed by atoms with van der Waals surface area (Å²) in [5.41, 5.74) is 0.636. The van der Waals surface area contributed by atoms with Crippen molar-refractivity contribution in [1.29, 1.82) is 0 Å². The molecule has 1 amide bonds. The van der Waals surface area contributed by atoms with Crippen LogP contribution in [0.15, 0.2) is 30.3 Å². The van der Waals surface area contributed by atoms with E-state index in [1.807, 2.05) is 32.0 Å². The molecule has 158 valence electrons. The van der Waals surface area contributed by atoms with Gasteiger partial charge in [0.2, 0.25) is 0 Å². The molecule has 0 spiro atoms. The van der Waals surface area contributed by atoms with Crippen molar-refractivity contribution in [2.75, 3.05) is 5.32 Å². The number of aryl methyl sites for hydroxylation is 2. The van der Waals surface area contributed by atoms with E-state index >= 15 is 0 Å². The van der Waals surface area contributed by atoms with Crippen molar-refractivity contribution in [3.05, 3.63) is 72.8 Å². The van der Waals surface area contributed by atoms with Crippen LogP contribution in [-0.4, -0.2) is 27.8 Å². The molecule has 0 aliphatic carbocycles. The van der Waals surface area contributed by atoms with E-state index in [1.165, 1.54) is 13.8 Å². The topological polar surface area (TPSA) is 142 Å². The molecule has 0 heterocycles. The maximum atomic E-state index is 12.5. The number of carbonyl (C=O) groups excluding carboxylic acids is 2. The Morgan fingerprint density at radius 3 is 2.17 bits per heavy atom. The SMILES string of the molecule is CCc1cccc(C)c1NC(=O)[C@@H](C)OC(=O)c1cc([N+](=O)[O-])c(C)c([N+](=O)[O-])c1. The minimum absolute atomic E-state index is 0.181. The third-order valence-electron chi connectivity index (χ3n) is 4.62. The van der Waals surface area contributed by atoms with Crippen LogP contribution in [0.4, 0.5) is 17.1 Å². The van der Waals surface area contributed by atoms with E-state index in [1.54, 1.807) is 0 Å². The smallest absolute Gasteiger partial charge is 0.339 e. The molecule has 0 aromatic heterocycles. The fraction of sp³-hybridized carbons (Fsp3) is 0.300. The largest absolute Gasteiger partial charge is 0.449 e. The van der Waals surface area contributed by atoms with Gasteiger partial charge in [-0.15, -0.1) is 0 Å². The number of ether oxygens (including phenoxy) is 1. The number of carbonyl (C=O) groups is 2. The molecule has 1 atom stereocenters. The van der Waals surface area contributed by atoms with Crippen LogP contribution >= 0.6 is 0 Å². The summed E-state index contributed by atoms with van der Waals surface area (Å²) in [5, 5.41) is 25.1. The van der Waals surface area contributed by atoms with Crippen LogP contribution < -0.4 is 5.32 Å². The number of anilines is 1. The van der Waals surface area contributed by atoms with Gasteiger partial charge in [-0.25, -0.2) is 4.79 Å². The summed E-state index contributed by atoms with van der Waals surface area (Å²) < 4.78 is 5.10. The van der Waals surface area contributed by atoms with Gasteiger partial charge in [0.05, 0.1) is 15.4 Å². The number of amides is 1. The number of nitrogens with one attached hydrogen (secondary N) is 1. The van der Waals surface area contributed by atoms with Crippen molar-refractivity contribution in [2.24, 2.45) is 0 Å². The van der Waals surface area contributed by atoms with E-state index < -0.39 is 39.2 Å². The Morgan fingerprint density at radius 1 is 1.10 bits per heavy atom. The molecule has 30 heavy (non-hydrogen) atoms. The van der Waals surface area contributed by atoms with Crippen molar-refractivity contribution in [1.82, 2.24) is 0 Å². The van der Waals surface area contributed by atoms with E-state index in [9.17, 15) is 29.8 Å². The molecule has 0 fully saturated rings. The first-order valence-corrected chi connectivity index (χ1v) is 9.10. The Bertz CT molecular complexity index is 998. The number of nitro benzene ring substituents is 2. The lowest BCUT2D eigenvalue weighted by Crippen LogP contribution is -2.30. The van der Waals surface area contributed by atoms with Crippen LogP contribution in [0.5, 0.6) is 0 Å². The van der Waals surface area contributed by atoms with Gasteiger partial charge in [-0.2, -0.15) is 0 Å². The summed E-state index contributed by atoms with van der Waals surface area (Å²) in [6.07, 6.45) is -0.552. The molecule has 10 nitrogen and oxygen atoms in total. The zero-order chi connectivity index (χ0) is 22.6. The number of benzene rings is 2. The highest BCUT2D eigenvalue weighted by Crippen LogP contribution is 2.30. The second-order valence-electron chi connectivity index (χ2n) is 6.65. The number of nitrogens with zero attached hydrogens (tertiary/aromatic N) is 2. The van der Waals surface area contributed by atoms with Crippen molar-refractivity contribution >= 4 is 28.9 Å². The van der Waals surface area contributed by atoms with Crippen LogP contribution in [0.1, 0.15) is 40.9 Å². The Balaban J connectivity index is 2.24. The lowest BCUT2D eigenvalue weighted by atomic mass is 10.1. The molecule has 0 bridgehead atoms. The molecule has 0 aliphatic heterocycles. The fourth-order valence-electron chi connectivity index (χ4n) is 2.89. The van der Waals surface area contributed by atoms with Crippen molar-refractivity contribution in [2.45, 2.75) is 40.2 Å². The van der Waals surface area contributed by atoms with Crippen molar-refractivity contribution in [3.63, 3.8) is 0 Å². The number of hydrogen-bond acceptors (Lipinski definition) is 7. The number of hydrogen-bond donors (Lipinski definition) is 1. The molecule has 2 aromatic carbocycles. The normalized spacial score (nSPS) is 11.5. The molecule has 2 rings (SSSR count). The highest BCUT2D eigenvalue weighted by Gasteiger charge is 2.28. The number of rotatable bonds is 7. The zero-order valence-electron chi connectivity index (χ0n) is 16.9. The van der Waals surface area contributed by atoms with Gasteiger partial charge >= 0.3 is 5.97 Å². The monoisotopic (exact) mass is 415 g/mol. The van der Waals surface area contributed by atoms with Crippen LogP contribution in [0.25, 0.3) is 0 Å². The van der Waals surface area contributed by atoms with Crippen molar-refractivity contribution < 1.29 is 24.2 Å². The van der Waals surface area contributed by atoms with E-state index in [-0.39, 0.29) is 11.1 Å². The first-order valence-electron chi connectivity index (χ1n) is 9.10. The first-order chi connectivity index (χ1) is 14.1.